The number of quaternary nitrogens is 1. The van der Waals surface area contributed by atoms with E-state index in [0.29, 0.717) is 24.8 Å². The highest BCUT2D eigenvalue weighted by molar-refractivity contribution is 8.18. The van der Waals surface area contributed by atoms with Crippen molar-refractivity contribution in [3.63, 3.8) is 0 Å². The second kappa shape index (κ2) is 7.16. The lowest BCUT2D eigenvalue weighted by Gasteiger charge is -2.26. The minimum Gasteiger partial charge on any atom is -0.497 e. The molecule has 0 bridgehead atoms. The Bertz CT molecular complexity index is 623. The van der Waals surface area contributed by atoms with Gasteiger partial charge in [-0.25, -0.2) is 4.90 Å². The van der Waals surface area contributed by atoms with Crippen LogP contribution in [0.25, 0.3) is 6.08 Å². The quantitative estimate of drug-likeness (QED) is 0.817. The van der Waals surface area contributed by atoms with Crippen molar-refractivity contribution in [2.75, 3.05) is 40.1 Å². The largest absolute Gasteiger partial charge is 0.497 e. The third-order valence-electron chi connectivity index (χ3n) is 3.87. The Balaban J connectivity index is 1.70. The van der Waals surface area contributed by atoms with Crippen LogP contribution in [0.4, 0.5) is 4.79 Å². The maximum Gasteiger partial charge on any atom is 0.298 e. The van der Waals surface area contributed by atoms with Gasteiger partial charge in [0.05, 0.1) is 25.2 Å². The molecule has 2 amide bonds. The first kappa shape index (κ1) is 16.0. The summed E-state index contributed by atoms with van der Waals surface area (Å²) in [7, 11) is 1.61. The van der Waals surface area contributed by atoms with E-state index < -0.39 is 0 Å². The minimum absolute atomic E-state index is 0.200. The second-order valence-corrected chi connectivity index (χ2v) is 6.40. The van der Waals surface area contributed by atoms with Crippen LogP contribution in [0.3, 0.4) is 0 Å². The molecule has 3 rings (SSSR count). The van der Waals surface area contributed by atoms with Crippen molar-refractivity contribution in [3.05, 3.63) is 34.7 Å². The van der Waals surface area contributed by atoms with Gasteiger partial charge in [0.15, 0.2) is 6.67 Å². The van der Waals surface area contributed by atoms with Gasteiger partial charge < -0.3 is 14.4 Å². The van der Waals surface area contributed by atoms with E-state index in [0.717, 1.165) is 36.2 Å². The molecule has 1 aromatic carbocycles. The van der Waals surface area contributed by atoms with Crippen LogP contribution in [0.1, 0.15) is 5.56 Å². The first-order valence-electron chi connectivity index (χ1n) is 7.48. The van der Waals surface area contributed by atoms with Crippen LogP contribution in [-0.4, -0.2) is 56.1 Å². The highest BCUT2D eigenvalue weighted by Gasteiger charge is 2.37. The van der Waals surface area contributed by atoms with Crippen LogP contribution in [0.5, 0.6) is 5.75 Å². The number of thioether (sulfide) groups is 1. The number of hydrogen-bond donors (Lipinski definition) is 1. The van der Waals surface area contributed by atoms with Gasteiger partial charge in [0, 0.05) is 0 Å². The third-order valence-corrected chi connectivity index (χ3v) is 4.78. The van der Waals surface area contributed by atoms with Gasteiger partial charge in [0.1, 0.15) is 18.8 Å². The van der Waals surface area contributed by atoms with Crippen molar-refractivity contribution >= 4 is 29.0 Å². The van der Waals surface area contributed by atoms with E-state index in [4.69, 9.17) is 9.47 Å². The monoisotopic (exact) mass is 335 g/mol. The van der Waals surface area contributed by atoms with E-state index in [9.17, 15) is 9.59 Å². The molecule has 0 spiro atoms. The molecule has 122 valence electrons. The number of imide groups is 1. The minimum atomic E-state index is -0.213. The molecular formula is C16H19N2O4S+. The standard InChI is InChI=1S/C16H18N2O4S/c1-21-13-4-2-12(3-5-13)10-14-15(19)18(16(20)23-14)11-17-6-8-22-9-7-17/h2-5,10H,6-9,11H2,1H3/p+1/b14-10-. The predicted molar refractivity (Wildman–Crippen MR) is 87.2 cm³/mol. The van der Waals surface area contributed by atoms with Gasteiger partial charge in [-0.3, -0.25) is 9.59 Å². The first-order chi connectivity index (χ1) is 11.2. The zero-order valence-corrected chi connectivity index (χ0v) is 13.7. The van der Waals surface area contributed by atoms with Crippen molar-refractivity contribution in [1.29, 1.82) is 0 Å². The maximum absolute atomic E-state index is 12.5. The van der Waals surface area contributed by atoms with Gasteiger partial charge >= 0.3 is 0 Å². The van der Waals surface area contributed by atoms with Crippen molar-refractivity contribution in [2.24, 2.45) is 0 Å². The molecular weight excluding hydrogens is 316 g/mol. The van der Waals surface area contributed by atoms with E-state index >= 15 is 0 Å². The highest BCUT2D eigenvalue weighted by atomic mass is 32.2. The number of rotatable bonds is 4. The van der Waals surface area contributed by atoms with Crippen molar-refractivity contribution in [2.45, 2.75) is 0 Å². The van der Waals surface area contributed by atoms with Gasteiger partial charge in [-0.15, -0.1) is 0 Å². The summed E-state index contributed by atoms with van der Waals surface area (Å²) in [5, 5.41) is -0.200. The number of morpholine rings is 1. The van der Waals surface area contributed by atoms with Crippen LogP contribution in [0.15, 0.2) is 29.2 Å². The Kier molecular flexibility index (Phi) is 5.00. The average molecular weight is 335 g/mol. The summed E-state index contributed by atoms with van der Waals surface area (Å²) in [5.74, 6) is 0.543. The number of carbonyl (C=O) groups excluding carboxylic acids is 2. The molecule has 23 heavy (non-hydrogen) atoms. The van der Waals surface area contributed by atoms with Crippen LogP contribution >= 0.6 is 11.8 Å². The van der Waals surface area contributed by atoms with E-state index in [1.165, 1.54) is 9.80 Å². The van der Waals surface area contributed by atoms with Gasteiger partial charge in [0.25, 0.3) is 11.1 Å². The molecule has 2 saturated heterocycles. The first-order valence-corrected chi connectivity index (χ1v) is 8.30. The molecule has 0 atom stereocenters. The van der Waals surface area contributed by atoms with Crippen molar-refractivity contribution in [1.82, 2.24) is 4.90 Å². The van der Waals surface area contributed by atoms with Crippen LogP contribution in [0.2, 0.25) is 0 Å². The fourth-order valence-electron chi connectivity index (χ4n) is 2.53. The fraction of sp³-hybridized carbons (Fsp3) is 0.375. The highest BCUT2D eigenvalue weighted by Crippen LogP contribution is 2.31. The smallest absolute Gasteiger partial charge is 0.298 e. The Morgan fingerprint density at radius 1 is 1.26 bits per heavy atom. The Hall–Kier alpha value is -1.83. The van der Waals surface area contributed by atoms with Gasteiger partial charge in [-0.1, -0.05) is 12.1 Å². The van der Waals surface area contributed by atoms with E-state index in [1.54, 1.807) is 13.2 Å². The van der Waals surface area contributed by atoms with Crippen molar-refractivity contribution in [3.8, 4) is 5.75 Å². The molecule has 6 nitrogen and oxygen atoms in total. The van der Waals surface area contributed by atoms with Gasteiger partial charge in [-0.2, -0.15) is 0 Å². The van der Waals surface area contributed by atoms with Gasteiger partial charge in [-0.05, 0) is 35.5 Å². The second-order valence-electron chi connectivity index (χ2n) is 5.40. The number of carbonyl (C=O) groups is 2. The summed E-state index contributed by atoms with van der Waals surface area (Å²) in [6, 6.07) is 7.38. The normalized spacial score (nSPS) is 21.3. The summed E-state index contributed by atoms with van der Waals surface area (Å²) in [6.07, 6.45) is 1.75. The summed E-state index contributed by atoms with van der Waals surface area (Å²) in [4.78, 5) is 27.6. The molecule has 0 unspecified atom stereocenters. The maximum atomic E-state index is 12.5. The van der Waals surface area contributed by atoms with Crippen LogP contribution in [-0.2, 0) is 9.53 Å². The molecule has 0 aliphatic carbocycles. The lowest BCUT2D eigenvalue weighted by molar-refractivity contribution is -0.915. The lowest BCUT2D eigenvalue weighted by atomic mass is 10.2. The number of benzene rings is 1. The van der Waals surface area contributed by atoms with E-state index in [1.807, 2.05) is 24.3 Å². The van der Waals surface area contributed by atoms with Crippen LogP contribution in [0, 0.1) is 0 Å². The molecule has 7 heteroatoms. The topological polar surface area (TPSA) is 60.3 Å². The van der Waals surface area contributed by atoms with Crippen LogP contribution < -0.4 is 9.64 Å². The molecule has 0 saturated carbocycles. The Morgan fingerprint density at radius 3 is 2.61 bits per heavy atom. The number of hydrogen-bond acceptors (Lipinski definition) is 5. The molecule has 1 aromatic rings. The summed E-state index contributed by atoms with van der Waals surface area (Å²) in [5.41, 5.74) is 0.870. The lowest BCUT2D eigenvalue weighted by Crippen LogP contribution is -3.15. The number of nitrogens with zero attached hydrogens (tertiary/aromatic N) is 1. The molecule has 0 aromatic heterocycles. The Morgan fingerprint density at radius 2 is 1.96 bits per heavy atom. The third kappa shape index (κ3) is 3.74. The molecule has 0 radical (unpaired) electrons. The summed E-state index contributed by atoms with van der Waals surface area (Å²) in [6.45, 7) is 3.40. The summed E-state index contributed by atoms with van der Waals surface area (Å²) >= 11 is 0.998. The number of ether oxygens (including phenoxy) is 2. The molecule has 2 aliphatic rings. The Labute approximate surface area is 139 Å². The predicted octanol–water partition coefficient (Wildman–Crippen LogP) is 0.604. The SMILES string of the molecule is COc1ccc(/C=C2\SC(=O)N(C[NH+]3CCOCC3)C2=O)cc1. The molecule has 2 aliphatic heterocycles. The zero-order chi connectivity index (χ0) is 16.2. The number of methoxy groups -OCH3 is 1. The molecule has 1 N–H and O–H groups in total. The number of amides is 2. The fourth-order valence-corrected chi connectivity index (χ4v) is 3.37. The van der Waals surface area contributed by atoms with Gasteiger partial charge in [0.2, 0.25) is 0 Å². The molecule has 2 fully saturated rings. The number of nitrogens with one attached hydrogen (secondary N) is 1. The van der Waals surface area contributed by atoms with Crippen molar-refractivity contribution < 1.29 is 24.0 Å². The summed E-state index contributed by atoms with van der Waals surface area (Å²) < 4.78 is 10.4. The van der Waals surface area contributed by atoms with E-state index in [-0.39, 0.29) is 11.1 Å². The zero-order valence-electron chi connectivity index (χ0n) is 12.9. The van der Waals surface area contributed by atoms with E-state index in [2.05, 4.69) is 0 Å². The average Bonchev–Trinajstić information content (AvgIpc) is 2.84. The molecule has 2 heterocycles.